The lowest BCUT2D eigenvalue weighted by Gasteiger charge is -2.03. The minimum atomic E-state index is 0.704. The molecule has 0 saturated carbocycles. The summed E-state index contributed by atoms with van der Waals surface area (Å²) in [4.78, 5) is 4.27. The van der Waals surface area contributed by atoms with E-state index in [1.165, 1.54) is 19.3 Å². The highest BCUT2D eigenvalue weighted by Crippen LogP contribution is 2.27. The van der Waals surface area contributed by atoms with Gasteiger partial charge >= 0.3 is 0 Å². The molecule has 0 spiro atoms. The summed E-state index contributed by atoms with van der Waals surface area (Å²) in [5.41, 5.74) is 6.31. The molecule has 1 aromatic rings. The van der Waals surface area contributed by atoms with Crippen molar-refractivity contribution in [2.24, 2.45) is 0 Å². The zero-order valence-corrected chi connectivity index (χ0v) is 10.7. The lowest BCUT2D eigenvalue weighted by Crippen LogP contribution is -1.90. The Morgan fingerprint density at radius 3 is 2.93 bits per heavy atom. The molecule has 2 nitrogen and oxygen atoms in total. The Labute approximate surface area is 97.8 Å². The van der Waals surface area contributed by atoms with E-state index in [1.54, 1.807) is 18.0 Å². The summed E-state index contributed by atoms with van der Waals surface area (Å²) >= 11 is 5.24. The molecule has 0 radical (unpaired) electrons. The van der Waals surface area contributed by atoms with Crippen molar-refractivity contribution >= 4 is 33.4 Å². The quantitative estimate of drug-likeness (QED) is 0.657. The topological polar surface area (TPSA) is 38.9 Å². The number of halogens is 1. The van der Waals surface area contributed by atoms with Gasteiger partial charge in [0.05, 0.1) is 16.4 Å². The number of pyridine rings is 1. The van der Waals surface area contributed by atoms with Crippen molar-refractivity contribution in [3.05, 3.63) is 16.7 Å². The van der Waals surface area contributed by atoms with Gasteiger partial charge in [0.25, 0.3) is 0 Å². The van der Waals surface area contributed by atoms with Crippen LogP contribution in [0.1, 0.15) is 26.2 Å². The first kappa shape index (κ1) is 11.9. The van der Waals surface area contributed by atoms with Crippen LogP contribution in [0.2, 0.25) is 0 Å². The molecule has 0 aliphatic carbocycles. The molecule has 2 N–H and O–H groups in total. The molecule has 0 fully saturated rings. The number of aromatic nitrogens is 1. The van der Waals surface area contributed by atoms with E-state index in [1.807, 2.05) is 6.07 Å². The van der Waals surface area contributed by atoms with Gasteiger partial charge in [-0.25, -0.2) is 4.98 Å². The standard InChI is InChI=1S/C10H15BrN2S/c1-2-3-4-5-14-10-9(11)6-8(12)7-13-10/h6-7H,2-5,12H2,1H3. The average Bonchev–Trinajstić information content (AvgIpc) is 2.15. The van der Waals surface area contributed by atoms with Crippen LogP contribution in [-0.2, 0) is 0 Å². The number of hydrogen-bond donors (Lipinski definition) is 1. The molecule has 0 aromatic carbocycles. The Kier molecular flexibility index (Phi) is 5.33. The lowest BCUT2D eigenvalue weighted by molar-refractivity contribution is 0.778. The van der Waals surface area contributed by atoms with Crippen LogP contribution in [-0.4, -0.2) is 10.7 Å². The van der Waals surface area contributed by atoms with Crippen LogP contribution in [0.4, 0.5) is 5.69 Å². The molecule has 1 rings (SSSR count). The number of unbranched alkanes of at least 4 members (excludes halogenated alkanes) is 2. The molecule has 78 valence electrons. The van der Waals surface area contributed by atoms with Crippen molar-refractivity contribution in [3.8, 4) is 0 Å². The molecular formula is C10H15BrN2S. The van der Waals surface area contributed by atoms with E-state index in [0.717, 1.165) is 15.3 Å². The number of rotatable bonds is 5. The molecule has 0 bridgehead atoms. The van der Waals surface area contributed by atoms with E-state index in [2.05, 4.69) is 27.8 Å². The number of nitrogen functional groups attached to an aromatic ring is 1. The van der Waals surface area contributed by atoms with Crippen molar-refractivity contribution in [3.63, 3.8) is 0 Å². The summed E-state index contributed by atoms with van der Waals surface area (Å²) in [5.74, 6) is 1.13. The van der Waals surface area contributed by atoms with Crippen molar-refractivity contribution < 1.29 is 0 Å². The maximum Gasteiger partial charge on any atom is 0.110 e. The highest BCUT2D eigenvalue weighted by molar-refractivity contribution is 9.10. The zero-order chi connectivity index (χ0) is 10.4. The second kappa shape index (κ2) is 6.30. The summed E-state index contributed by atoms with van der Waals surface area (Å²) in [5, 5.41) is 1.04. The molecule has 0 amide bonds. The minimum absolute atomic E-state index is 0.704. The highest BCUT2D eigenvalue weighted by atomic mass is 79.9. The maximum atomic E-state index is 5.60. The molecule has 1 heterocycles. The molecule has 0 unspecified atom stereocenters. The third-order valence-corrected chi connectivity index (χ3v) is 3.77. The summed E-state index contributed by atoms with van der Waals surface area (Å²) < 4.78 is 0.999. The van der Waals surface area contributed by atoms with Gasteiger partial charge in [-0.2, -0.15) is 0 Å². The number of thioether (sulfide) groups is 1. The predicted octanol–water partition coefficient (Wildman–Crippen LogP) is 3.71. The molecular weight excluding hydrogens is 260 g/mol. The first-order valence-corrected chi connectivity index (χ1v) is 6.55. The average molecular weight is 275 g/mol. The van der Waals surface area contributed by atoms with E-state index >= 15 is 0 Å². The second-order valence-electron chi connectivity index (χ2n) is 3.11. The van der Waals surface area contributed by atoms with Gasteiger partial charge in [0, 0.05) is 0 Å². The summed E-state index contributed by atoms with van der Waals surface area (Å²) in [7, 11) is 0. The fourth-order valence-corrected chi connectivity index (χ4v) is 2.64. The van der Waals surface area contributed by atoms with Gasteiger partial charge in [-0.15, -0.1) is 11.8 Å². The van der Waals surface area contributed by atoms with Crippen molar-refractivity contribution in [1.82, 2.24) is 4.98 Å². The molecule has 1 aromatic heterocycles. The maximum absolute atomic E-state index is 5.60. The number of nitrogens with zero attached hydrogens (tertiary/aromatic N) is 1. The number of anilines is 1. The normalized spacial score (nSPS) is 10.4. The Hall–Kier alpha value is -0.220. The van der Waals surface area contributed by atoms with Crippen LogP contribution in [0, 0.1) is 0 Å². The lowest BCUT2D eigenvalue weighted by atomic mass is 10.3. The van der Waals surface area contributed by atoms with Crippen LogP contribution in [0.25, 0.3) is 0 Å². The SMILES string of the molecule is CCCCCSc1ncc(N)cc1Br. The molecule has 0 atom stereocenters. The van der Waals surface area contributed by atoms with Gasteiger partial charge in [0.2, 0.25) is 0 Å². The second-order valence-corrected chi connectivity index (χ2v) is 5.05. The smallest absolute Gasteiger partial charge is 0.110 e. The fraction of sp³-hybridized carbons (Fsp3) is 0.500. The van der Waals surface area contributed by atoms with E-state index in [0.29, 0.717) is 5.69 Å². The predicted molar refractivity (Wildman–Crippen MR) is 66.6 cm³/mol. The summed E-state index contributed by atoms with van der Waals surface area (Å²) in [6, 6.07) is 1.90. The van der Waals surface area contributed by atoms with E-state index in [9.17, 15) is 0 Å². The van der Waals surface area contributed by atoms with Crippen LogP contribution in [0.3, 0.4) is 0 Å². The van der Waals surface area contributed by atoms with Gasteiger partial charge in [-0.05, 0) is 34.2 Å². The molecule has 0 aliphatic heterocycles. The van der Waals surface area contributed by atoms with Gasteiger partial charge in [0.15, 0.2) is 0 Å². The van der Waals surface area contributed by atoms with Crippen LogP contribution in [0.5, 0.6) is 0 Å². The van der Waals surface area contributed by atoms with Crippen LogP contribution < -0.4 is 5.73 Å². The third kappa shape index (κ3) is 3.88. The molecule has 0 aliphatic rings. The summed E-state index contributed by atoms with van der Waals surface area (Å²) in [6.07, 6.45) is 5.50. The Balaban J connectivity index is 2.42. The first-order valence-electron chi connectivity index (χ1n) is 4.78. The van der Waals surface area contributed by atoms with E-state index in [4.69, 9.17) is 5.73 Å². The van der Waals surface area contributed by atoms with Gasteiger partial charge < -0.3 is 5.73 Å². The molecule has 14 heavy (non-hydrogen) atoms. The molecule has 4 heteroatoms. The fourth-order valence-electron chi connectivity index (χ4n) is 1.07. The van der Waals surface area contributed by atoms with Crippen molar-refractivity contribution in [1.29, 1.82) is 0 Å². The largest absolute Gasteiger partial charge is 0.397 e. The van der Waals surface area contributed by atoms with Crippen LogP contribution >= 0.6 is 27.7 Å². The number of hydrogen-bond acceptors (Lipinski definition) is 3. The van der Waals surface area contributed by atoms with E-state index in [-0.39, 0.29) is 0 Å². The first-order chi connectivity index (χ1) is 6.74. The number of nitrogens with two attached hydrogens (primary N) is 1. The minimum Gasteiger partial charge on any atom is -0.397 e. The van der Waals surface area contributed by atoms with Crippen LogP contribution in [0.15, 0.2) is 21.8 Å². The van der Waals surface area contributed by atoms with E-state index < -0.39 is 0 Å². The molecule has 0 saturated heterocycles. The zero-order valence-electron chi connectivity index (χ0n) is 8.29. The Morgan fingerprint density at radius 2 is 2.29 bits per heavy atom. The van der Waals surface area contributed by atoms with Gasteiger partial charge in [-0.3, -0.25) is 0 Å². The monoisotopic (exact) mass is 274 g/mol. The highest BCUT2D eigenvalue weighted by Gasteiger charge is 2.01. The Morgan fingerprint density at radius 1 is 1.50 bits per heavy atom. The van der Waals surface area contributed by atoms with Gasteiger partial charge in [0.1, 0.15) is 5.03 Å². The van der Waals surface area contributed by atoms with Crippen molar-refractivity contribution in [2.45, 2.75) is 31.2 Å². The summed E-state index contributed by atoms with van der Waals surface area (Å²) in [6.45, 7) is 2.21. The third-order valence-electron chi connectivity index (χ3n) is 1.82. The Bertz CT molecular complexity index is 291. The van der Waals surface area contributed by atoms with Gasteiger partial charge in [-0.1, -0.05) is 19.8 Å². The van der Waals surface area contributed by atoms with Crippen molar-refractivity contribution in [2.75, 3.05) is 11.5 Å².